The van der Waals surface area contributed by atoms with E-state index >= 15 is 0 Å². The average molecular weight is 349 g/mol. The van der Waals surface area contributed by atoms with E-state index in [2.05, 4.69) is 39.4 Å². The van der Waals surface area contributed by atoms with Gasteiger partial charge in [0.25, 0.3) is 0 Å². The van der Waals surface area contributed by atoms with Gasteiger partial charge in [-0.25, -0.2) is 13.1 Å². The van der Waals surface area contributed by atoms with E-state index in [-0.39, 0.29) is 0 Å². The molecule has 0 heterocycles. The number of hydrogen-bond acceptors (Lipinski definition) is 3. The normalized spacial score (nSPS) is 12.0. The first kappa shape index (κ1) is 16.6. The van der Waals surface area contributed by atoms with E-state index < -0.39 is 10.0 Å². The minimum atomic E-state index is -3.39. The van der Waals surface area contributed by atoms with E-state index in [0.717, 1.165) is 30.5 Å². The number of hydrogen-bond donors (Lipinski definition) is 1. The van der Waals surface area contributed by atoms with Crippen LogP contribution in [-0.2, 0) is 10.0 Å². The maximum Gasteiger partial charge on any atom is 0.240 e. The van der Waals surface area contributed by atoms with Crippen molar-refractivity contribution >= 4 is 26.0 Å². The van der Waals surface area contributed by atoms with Crippen LogP contribution in [0.1, 0.15) is 20.3 Å². The van der Waals surface area contributed by atoms with Crippen LogP contribution in [0.5, 0.6) is 0 Å². The summed E-state index contributed by atoms with van der Waals surface area (Å²) in [7, 11) is -3.39. The Hall–Kier alpha value is -0.430. The van der Waals surface area contributed by atoms with E-state index in [9.17, 15) is 8.42 Å². The molecule has 0 amide bonds. The lowest BCUT2D eigenvalue weighted by Crippen LogP contribution is -2.30. The summed E-state index contributed by atoms with van der Waals surface area (Å²) in [4.78, 5) is 2.57. The number of benzene rings is 1. The van der Waals surface area contributed by atoms with Gasteiger partial charge in [-0.3, -0.25) is 0 Å². The summed E-state index contributed by atoms with van der Waals surface area (Å²) in [5.41, 5.74) is 0. The lowest BCUT2D eigenvalue weighted by molar-refractivity contribution is 0.300. The lowest BCUT2D eigenvalue weighted by atomic mass is 10.4. The second-order valence-corrected chi connectivity index (χ2v) is 6.92. The molecule has 0 fully saturated rings. The molecule has 0 atom stereocenters. The molecule has 0 saturated heterocycles. The van der Waals surface area contributed by atoms with Crippen molar-refractivity contribution in [3.05, 3.63) is 28.7 Å². The Kier molecular flexibility index (Phi) is 6.99. The van der Waals surface area contributed by atoms with Crippen molar-refractivity contribution in [2.75, 3.05) is 26.2 Å². The Morgan fingerprint density at radius 3 is 2.53 bits per heavy atom. The minimum Gasteiger partial charge on any atom is -0.304 e. The maximum atomic E-state index is 12.0. The van der Waals surface area contributed by atoms with Crippen LogP contribution in [0.15, 0.2) is 33.6 Å². The molecule has 0 bridgehead atoms. The Bertz CT molecular complexity index is 487. The number of nitrogens with one attached hydrogen (secondary N) is 1. The van der Waals surface area contributed by atoms with E-state index in [0.29, 0.717) is 11.4 Å². The highest BCUT2D eigenvalue weighted by molar-refractivity contribution is 9.10. The van der Waals surface area contributed by atoms with Crippen molar-refractivity contribution in [2.24, 2.45) is 0 Å². The fourth-order valence-corrected chi connectivity index (χ4v) is 3.44. The summed E-state index contributed by atoms with van der Waals surface area (Å²) in [6, 6.07) is 6.72. The average Bonchev–Trinajstić information content (AvgIpc) is 2.39. The van der Waals surface area contributed by atoms with Crippen LogP contribution in [0.25, 0.3) is 0 Å². The van der Waals surface area contributed by atoms with Crippen LogP contribution < -0.4 is 4.72 Å². The third-order valence-electron chi connectivity index (χ3n) is 2.94. The van der Waals surface area contributed by atoms with Crippen molar-refractivity contribution in [2.45, 2.75) is 25.2 Å². The molecule has 0 aliphatic rings. The fraction of sp³-hybridized carbons (Fsp3) is 0.538. The summed E-state index contributed by atoms with van der Waals surface area (Å²) in [5, 5.41) is 0. The molecule has 1 aromatic rings. The van der Waals surface area contributed by atoms with Gasteiger partial charge >= 0.3 is 0 Å². The molecule has 0 unspecified atom stereocenters. The summed E-state index contributed by atoms with van der Waals surface area (Å²) in [5.74, 6) is 0. The van der Waals surface area contributed by atoms with Gasteiger partial charge in [0.2, 0.25) is 10.0 Å². The van der Waals surface area contributed by atoms with Crippen LogP contribution in [0.4, 0.5) is 0 Å². The number of sulfonamides is 1. The zero-order chi connectivity index (χ0) is 14.3. The van der Waals surface area contributed by atoms with Crippen molar-refractivity contribution in [3.8, 4) is 0 Å². The highest BCUT2D eigenvalue weighted by Crippen LogP contribution is 2.15. The Balaban J connectivity index is 2.48. The molecular formula is C13H21BrN2O2S. The second kappa shape index (κ2) is 7.99. The van der Waals surface area contributed by atoms with Gasteiger partial charge in [-0.1, -0.05) is 35.8 Å². The smallest absolute Gasteiger partial charge is 0.240 e. The van der Waals surface area contributed by atoms with Gasteiger partial charge in [-0.15, -0.1) is 0 Å². The molecule has 4 nitrogen and oxygen atoms in total. The van der Waals surface area contributed by atoms with Crippen LogP contribution in [0, 0.1) is 0 Å². The number of rotatable bonds is 8. The highest BCUT2D eigenvalue weighted by atomic mass is 79.9. The SMILES string of the molecule is CCN(CC)CCCNS(=O)(=O)c1cccc(Br)c1. The van der Waals surface area contributed by atoms with Gasteiger partial charge in [0.15, 0.2) is 0 Å². The summed E-state index contributed by atoms with van der Waals surface area (Å²) in [6.45, 7) is 7.58. The van der Waals surface area contributed by atoms with E-state index in [1.54, 1.807) is 24.3 Å². The van der Waals surface area contributed by atoms with E-state index in [1.165, 1.54) is 0 Å². The van der Waals surface area contributed by atoms with E-state index in [1.807, 2.05) is 0 Å². The summed E-state index contributed by atoms with van der Waals surface area (Å²) < 4.78 is 27.4. The molecule has 0 saturated carbocycles. The largest absolute Gasteiger partial charge is 0.304 e. The second-order valence-electron chi connectivity index (χ2n) is 4.24. The third kappa shape index (κ3) is 5.60. The quantitative estimate of drug-likeness (QED) is 0.734. The standard InChI is InChI=1S/C13H21BrN2O2S/c1-3-16(4-2)10-6-9-15-19(17,18)13-8-5-7-12(14)11-13/h5,7-8,11,15H,3-4,6,9-10H2,1-2H3. The first-order chi connectivity index (χ1) is 8.99. The highest BCUT2D eigenvalue weighted by Gasteiger charge is 2.13. The van der Waals surface area contributed by atoms with Crippen molar-refractivity contribution in [1.29, 1.82) is 0 Å². The molecule has 1 N–H and O–H groups in total. The van der Waals surface area contributed by atoms with Gasteiger partial charge < -0.3 is 4.90 Å². The van der Waals surface area contributed by atoms with Gasteiger partial charge in [-0.2, -0.15) is 0 Å². The molecule has 0 aromatic heterocycles. The fourth-order valence-electron chi connectivity index (χ4n) is 1.77. The molecule has 0 aliphatic carbocycles. The van der Waals surface area contributed by atoms with Crippen molar-refractivity contribution < 1.29 is 8.42 Å². The first-order valence-corrected chi connectivity index (χ1v) is 8.74. The van der Waals surface area contributed by atoms with Crippen LogP contribution in [-0.4, -0.2) is 39.5 Å². The first-order valence-electron chi connectivity index (χ1n) is 6.47. The predicted molar refractivity (Wildman–Crippen MR) is 81.7 cm³/mol. The van der Waals surface area contributed by atoms with Crippen LogP contribution >= 0.6 is 15.9 Å². The van der Waals surface area contributed by atoms with Crippen LogP contribution in [0.3, 0.4) is 0 Å². The third-order valence-corrected chi connectivity index (χ3v) is 4.90. The predicted octanol–water partition coefficient (Wildman–Crippen LogP) is 2.46. The van der Waals surface area contributed by atoms with Crippen molar-refractivity contribution in [3.63, 3.8) is 0 Å². The van der Waals surface area contributed by atoms with Gasteiger partial charge in [-0.05, 0) is 44.3 Å². The zero-order valence-electron chi connectivity index (χ0n) is 11.4. The maximum absolute atomic E-state index is 12.0. The Labute approximate surface area is 124 Å². The molecule has 0 spiro atoms. The number of halogens is 1. The Morgan fingerprint density at radius 1 is 1.26 bits per heavy atom. The molecule has 108 valence electrons. The van der Waals surface area contributed by atoms with Crippen molar-refractivity contribution in [1.82, 2.24) is 9.62 Å². The molecule has 1 rings (SSSR count). The number of nitrogens with zero attached hydrogens (tertiary/aromatic N) is 1. The minimum absolute atomic E-state index is 0.296. The van der Waals surface area contributed by atoms with Gasteiger partial charge in [0, 0.05) is 11.0 Å². The summed E-state index contributed by atoms with van der Waals surface area (Å²) in [6.07, 6.45) is 0.814. The molecule has 19 heavy (non-hydrogen) atoms. The molecule has 6 heteroatoms. The molecule has 1 aromatic carbocycles. The van der Waals surface area contributed by atoms with Gasteiger partial charge in [0.05, 0.1) is 4.90 Å². The van der Waals surface area contributed by atoms with E-state index in [4.69, 9.17) is 0 Å². The lowest BCUT2D eigenvalue weighted by Gasteiger charge is -2.17. The zero-order valence-corrected chi connectivity index (χ0v) is 13.8. The Morgan fingerprint density at radius 2 is 1.95 bits per heavy atom. The monoisotopic (exact) mass is 348 g/mol. The molecule has 0 radical (unpaired) electrons. The van der Waals surface area contributed by atoms with Gasteiger partial charge in [0.1, 0.15) is 0 Å². The van der Waals surface area contributed by atoms with Crippen LogP contribution in [0.2, 0.25) is 0 Å². The molecule has 0 aliphatic heterocycles. The topological polar surface area (TPSA) is 49.4 Å². The summed E-state index contributed by atoms with van der Waals surface area (Å²) >= 11 is 3.28. The molecular weight excluding hydrogens is 328 g/mol.